The SMILES string of the molecule is O=CN(c1ccc(C2=CC=NCC2)cc1)N1CC(c2cccnc2)C1. The van der Waals surface area contributed by atoms with E-state index in [-0.39, 0.29) is 0 Å². The molecule has 25 heavy (non-hydrogen) atoms. The van der Waals surface area contributed by atoms with Gasteiger partial charge < -0.3 is 0 Å². The second-order valence-electron chi connectivity index (χ2n) is 6.35. The topological polar surface area (TPSA) is 48.8 Å². The van der Waals surface area contributed by atoms with Crippen molar-refractivity contribution in [1.29, 1.82) is 0 Å². The minimum Gasteiger partial charge on any atom is -0.293 e. The van der Waals surface area contributed by atoms with Crippen LogP contribution in [0.1, 0.15) is 23.5 Å². The summed E-state index contributed by atoms with van der Waals surface area (Å²) in [6.07, 6.45) is 9.47. The van der Waals surface area contributed by atoms with Crippen LogP contribution in [-0.2, 0) is 4.79 Å². The van der Waals surface area contributed by atoms with Gasteiger partial charge in [0.25, 0.3) is 0 Å². The molecule has 0 aliphatic carbocycles. The van der Waals surface area contributed by atoms with Crippen LogP contribution in [-0.4, -0.2) is 42.3 Å². The Morgan fingerprint density at radius 1 is 1.16 bits per heavy atom. The molecule has 1 aromatic heterocycles. The number of aliphatic imine (C=N–C) groups is 1. The molecule has 1 aromatic carbocycles. The van der Waals surface area contributed by atoms with Gasteiger partial charge in [-0.1, -0.05) is 18.2 Å². The van der Waals surface area contributed by atoms with Crippen LogP contribution in [0.4, 0.5) is 5.69 Å². The maximum absolute atomic E-state index is 11.6. The summed E-state index contributed by atoms with van der Waals surface area (Å²) in [6.45, 7) is 2.50. The predicted octanol–water partition coefficient (Wildman–Crippen LogP) is 2.92. The van der Waals surface area contributed by atoms with Crippen molar-refractivity contribution in [3.63, 3.8) is 0 Å². The number of aromatic nitrogens is 1. The number of amides is 1. The summed E-state index contributed by atoms with van der Waals surface area (Å²) in [5, 5.41) is 3.76. The van der Waals surface area contributed by atoms with E-state index in [0.29, 0.717) is 5.92 Å². The molecule has 5 nitrogen and oxygen atoms in total. The Bertz CT molecular complexity index is 792. The van der Waals surface area contributed by atoms with Crippen molar-refractivity contribution in [1.82, 2.24) is 9.99 Å². The molecule has 2 aliphatic rings. The number of rotatable bonds is 5. The van der Waals surface area contributed by atoms with E-state index in [4.69, 9.17) is 0 Å². The van der Waals surface area contributed by atoms with Gasteiger partial charge in [-0.15, -0.1) is 0 Å². The van der Waals surface area contributed by atoms with E-state index in [9.17, 15) is 4.79 Å². The molecule has 5 heteroatoms. The zero-order valence-corrected chi connectivity index (χ0v) is 14.0. The lowest BCUT2D eigenvalue weighted by molar-refractivity contribution is -0.111. The number of hydrogen-bond donors (Lipinski definition) is 0. The van der Waals surface area contributed by atoms with Gasteiger partial charge in [0.2, 0.25) is 6.41 Å². The number of hydrogen-bond acceptors (Lipinski definition) is 4. The van der Waals surface area contributed by atoms with Crippen LogP contribution in [0.2, 0.25) is 0 Å². The summed E-state index contributed by atoms with van der Waals surface area (Å²) in [5.41, 5.74) is 4.61. The molecule has 2 aromatic rings. The van der Waals surface area contributed by atoms with Crippen molar-refractivity contribution in [3.8, 4) is 0 Å². The molecule has 0 unspecified atom stereocenters. The summed E-state index contributed by atoms with van der Waals surface area (Å²) < 4.78 is 0. The van der Waals surface area contributed by atoms with Gasteiger partial charge >= 0.3 is 0 Å². The molecule has 0 saturated carbocycles. The number of pyridine rings is 1. The molecule has 4 rings (SSSR count). The standard InChI is InChI=1S/C20H20N4O/c25-15-24(23-13-19(14-23)18-2-1-9-22-12-18)20-5-3-16(4-6-20)17-7-10-21-11-8-17/h1-7,9-10,12,15,19H,8,11,13-14H2. The molecular weight excluding hydrogens is 312 g/mol. The molecule has 1 fully saturated rings. The molecule has 1 amide bonds. The Labute approximate surface area is 147 Å². The average Bonchev–Trinajstić information content (AvgIpc) is 2.66. The monoisotopic (exact) mass is 332 g/mol. The lowest BCUT2D eigenvalue weighted by Gasteiger charge is -2.44. The summed E-state index contributed by atoms with van der Waals surface area (Å²) in [4.78, 5) is 20.0. The third kappa shape index (κ3) is 3.23. The quantitative estimate of drug-likeness (QED) is 0.791. The van der Waals surface area contributed by atoms with E-state index < -0.39 is 0 Å². The molecule has 0 bridgehead atoms. The van der Waals surface area contributed by atoms with Gasteiger partial charge in [-0.2, -0.15) is 0 Å². The summed E-state index contributed by atoms with van der Waals surface area (Å²) >= 11 is 0. The van der Waals surface area contributed by atoms with Crippen LogP contribution < -0.4 is 5.01 Å². The van der Waals surface area contributed by atoms with Gasteiger partial charge in [-0.3, -0.25) is 14.8 Å². The highest BCUT2D eigenvalue weighted by atomic mass is 16.1. The predicted molar refractivity (Wildman–Crippen MR) is 99.5 cm³/mol. The van der Waals surface area contributed by atoms with Crippen LogP contribution in [0.5, 0.6) is 0 Å². The highest BCUT2D eigenvalue weighted by molar-refractivity contribution is 5.86. The van der Waals surface area contributed by atoms with Gasteiger partial charge in [-0.05, 0) is 47.4 Å². The van der Waals surface area contributed by atoms with Crippen molar-refractivity contribution in [2.24, 2.45) is 4.99 Å². The fraction of sp³-hybridized carbons (Fsp3) is 0.250. The second kappa shape index (κ2) is 6.99. The smallest absolute Gasteiger partial charge is 0.228 e. The Morgan fingerprint density at radius 2 is 2.00 bits per heavy atom. The van der Waals surface area contributed by atoms with Gasteiger partial charge in [0.15, 0.2) is 0 Å². The molecule has 0 N–H and O–H groups in total. The third-order valence-electron chi connectivity index (χ3n) is 4.82. The lowest BCUT2D eigenvalue weighted by Crippen LogP contribution is -2.54. The molecule has 0 atom stereocenters. The lowest BCUT2D eigenvalue weighted by atomic mass is 9.94. The Balaban J connectivity index is 1.44. The van der Waals surface area contributed by atoms with E-state index in [1.807, 2.05) is 30.6 Å². The number of dihydropyridines is 1. The fourth-order valence-electron chi connectivity index (χ4n) is 3.30. The molecular formula is C20H20N4O. The van der Waals surface area contributed by atoms with E-state index >= 15 is 0 Å². The number of nitrogens with zero attached hydrogens (tertiary/aromatic N) is 4. The first-order chi connectivity index (χ1) is 12.3. The summed E-state index contributed by atoms with van der Waals surface area (Å²) in [5.74, 6) is 0.433. The molecule has 2 aliphatic heterocycles. The zero-order chi connectivity index (χ0) is 17.1. The number of benzene rings is 1. The maximum atomic E-state index is 11.6. The first kappa shape index (κ1) is 15.7. The molecule has 0 spiro atoms. The maximum Gasteiger partial charge on any atom is 0.228 e. The van der Waals surface area contributed by atoms with E-state index in [0.717, 1.165) is 38.2 Å². The fourth-order valence-corrected chi connectivity index (χ4v) is 3.30. The van der Waals surface area contributed by atoms with Gasteiger partial charge in [0, 0.05) is 44.2 Å². The Morgan fingerprint density at radius 3 is 2.64 bits per heavy atom. The van der Waals surface area contributed by atoms with Crippen LogP contribution in [0, 0.1) is 0 Å². The Hall–Kier alpha value is -2.79. The van der Waals surface area contributed by atoms with E-state index in [2.05, 4.69) is 39.3 Å². The van der Waals surface area contributed by atoms with Crippen LogP contribution in [0.3, 0.4) is 0 Å². The second-order valence-corrected chi connectivity index (χ2v) is 6.35. The van der Waals surface area contributed by atoms with Crippen LogP contribution in [0.15, 0.2) is 59.9 Å². The number of hydrazine groups is 1. The van der Waals surface area contributed by atoms with Crippen molar-refractivity contribution < 1.29 is 4.79 Å². The summed E-state index contributed by atoms with van der Waals surface area (Å²) in [6, 6.07) is 12.2. The minimum atomic E-state index is 0.433. The average molecular weight is 332 g/mol. The molecule has 3 heterocycles. The van der Waals surface area contributed by atoms with Crippen LogP contribution >= 0.6 is 0 Å². The van der Waals surface area contributed by atoms with E-state index in [1.54, 1.807) is 11.2 Å². The molecule has 1 saturated heterocycles. The number of anilines is 1. The van der Waals surface area contributed by atoms with Crippen LogP contribution in [0.25, 0.3) is 5.57 Å². The van der Waals surface area contributed by atoms with Gasteiger partial charge in [0.1, 0.15) is 0 Å². The number of allylic oxidation sites excluding steroid dienone is 1. The van der Waals surface area contributed by atoms with Gasteiger partial charge in [0.05, 0.1) is 5.69 Å². The summed E-state index contributed by atoms with van der Waals surface area (Å²) in [7, 11) is 0. The first-order valence-corrected chi connectivity index (χ1v) is 8.54. The largest absolute Gasteiger partial charge is 0.293 e. The third-order valence-corrected chi connectivity index (χ3v) is 4.82. The molecule has 0 radical (unpaired) electrons. The first-order valence-electron chi connectivity index (χ1n) is 8.54. The molecule has 126 valence electrons. The van der Waals surface area contributed by atoms with Crippen molar-refractivity contribution in [3.05, 3.63) is 66.0 Å². The number of carbonyl (C=O) groups is 1. The van der Waals surface area contributed by atoms with Gasteiger partial charge in [-0.25, -0.2) is 10.0 Å². The van der Waals surface area contributed by atoms with E-state index in [1.165, 1.54) is 16.7 Å². The number of carbonyl (C=O) groups excluding carboxylic acids is 1. The normalized spacial score (nSPS) is 17.7. The highest BCUT2D eigenvalue weighted by Gasteiger charge is 2.32. The Kier molecular flexibility index (Phi) is 4.39. The van der Waals surface area contributed by atoms with Crippen molar-refractivity contribution in [2.45, 2.75) is 12.3 Å². The van der Waals surface area contributed by atoms with Crippen molar-refractivity contribution in [2.75, 3.05) is 24.6 Å². The zero-order valence-electron chi connectivity index (χ0n) is 14.0. The van der Waals surface area contributed by atoms with Crippen molar-refractivity contribution >= 4 is 23.9 Å². The highest BCUT2D eigenvalue weighted by Crippen LogP contribution is 2.30. The minimum absolute atomic E-state index is 0.433.